The van der Waals surface area contributed by atoms with Gasteiger partial charge in [-0.1, -0.05) is 6.92 Å². The van der Waals surface area contributed by atoms with Crippen LogP contribution in [0.5, 0.6) is 0 Å². The second kappa shape index (κ2) is 5.54. The quantitative estimate of drug-likeness (QED) is 0.756. The molecule has 0 unspecified atom stereocenters. The molecule has 0 radical (unpaired) electrons. The number of aryl methyl sites for hydroxylation is 1. The molecule has 0 aromatic heterocycles. The number of nitrogens with two attached hydrogens (primary N) is 2. The number of nitrogens with zero attached hydrogens (tertiary/aromatic N) is 1. The minimum Gasteiger partial charge on any atom is -0.399 e. The number of primary amides is 1. The largest absolute Gasteiger partial charge is 0.399 e. The number of anilines is 1. The van der Waals surface area contributed by atoms with Crippen LogP contribution >= 0.6 is 0 Å². The van der Waals surface area contributed by atoms with Crippen LogP contribution in [0.1, 0.15) is 12.5 Å². The number of hydrogen-bond donors (Lipinski definition) is 2. The first-order valence-electron chi connectivity index (χ1n) is 5.54. The van der Waals surface area contributed by atoms with E-state index < -0.39 is 33.2 Å². The molecular weight excluding hydrogens is 273 g/mol. The smallest absolute Gasteiger partial charge is 0.246 e. The Morgan fingerprint density at radius 3 is 2.47 bits per heavy atom. The summed E-state index contributed by atoms with van der Waals surface area (Å²) in [6, 6.07) is 2.36. The van der Waals surface area contributed by atoms with Gasteiger partial charge >= 0.3 is 0 Å². The molecule has 106 valence electrons. The number of amides is 1. The molecule has 19 heavy (non-hydrogen) atoms. The van der Waals surface area contributed by atoms with Crippen LogP contribution in [-0.4, -0.2) is 31.7 Å². The van der Waals surface area contributed by atoms with Gasteiger partial charge in [0.05, 0.1) is 6.54 Å². The summed E-state index contributed by atoms with van der Waals surface area (Å²) in [7, 11) is -4.14. The van der Waals surface area contributed by atoms with Crippen molar-refractivity contribution in [3.63, 3.8) is 0 Å². The molecule has 1 aromatic carbocycles. The van der Waals surface area contributed by atoms with E-state index >= 15 is 0 Å². The number of halogens is 1. The fourth-order valence-corrected chi connectivity index (χ4v) is 3.22. The van der Waals surface area contributed by atoms with Crippen LogP contribution in [0.15, 0.2) is 17.0 Å². The number of nitrogen functional groups attached to an aromatic ring is 1. The van der Waals surface area contributed by atoms with E-state index in [-0.39, 0.29) is 17.8 Å². The summed E-state index contributed by atoms with van der Waals surface area (Å²) >= 11 is 0. The lowest BCUT2D eigenvalue weighted by Crippen LogP contribution is -2.38. The van der Waals surface area contributed by atoms with Crippen LogP contribution in [0.25, 0.3) is 0 Å². The zero-order valence-electron chi connectivity index (χ0n) is 10.7. The first kappa shape index (κ1) is 15.4. The highest BCUT2D eigenvalue weighted by Gasteiger charge is 2.28. The average molecular weight is 289 g/mol. The van der Waals surface area contributed by atoms with E-state index in [4.69, 9.17) is 11.5 Å². The maximum absolute atomic E-state index is 13.9. The predicted molar refractivity (Wildman–Crippen MR) is 69.2 cm³/mol. The Morgan fingerprint density at radius 2 is 2.00 bits per heavy atom. The third-order valence-corrected chi connectivity index (χ3v) is 4.47. The molecule has 6 nitrogen and oxygen atoms in total. The molecular formula is C11H16FN3O3S. The van der Waals surface area contributed by atoms with Crippen molar-refractivity contribution in [1.82, 2.24) is 4.31 Å². The van der Waals surface area contributed by atoms with Gasteiger partial charge in [-0.15, -0.1) is 0 Å². The Morgan fingerprint density at radius 1 is 1.42 bits per heavy atom. The molecule has 0 aliphatic heterocycles. The van der Waals surface area contributed by atoms with Crippen LogP contribution in [0, 0.1) is 12.7 Å². The van der Waals surface area contributed by atoms with Crippen LogP contribution in [0.4, 0.5) is 10.1 Å². The van der Waals surface area contributed by atoms with Crippen molar-refractivity contribution < 1.29 is 17.6 Å². The summed E-state index contributed by atoms with van der Waals surface area (Å²) in [5.41, 5.74) is 10.8. The fraction of sp³-hybridized carbons (Fsp3) is 0.364. The molecule has 0 bridgehead atoms. The van der Waals surface area contributed by atoms with E-state index in [9.17, 15) is 17.6 Å². The van der Waals surface area contributed by atoms with Gasteiger partial charge in [0.1, 0.15) is 10.7 Å². The van der Waals surface area contributed by atoms with E-state index in [2.05, 4.69) is 0 Å². The number of rotatable bonds is 5. The van der Waals surface area contributed by atoms with Crippen molar-refractivity contribution >= 4 is 21.6 Å². The highest BCUT2D eigenvalue weighted by molar-refractivity contribution is 7.89. The van der Waals surface area contributed by atoms with Crippen LogP contribution in [0.3, 0.4) is 0 Å². The lowest BCUT2D eigenvalue weighted by molar-refractivity contribution is -0.118. The van der Waals surface area contributed by atoms with Crippen molar-refractivity contribution in [3.05, 3.63) is 23.5 Å². The maximum Gasteiger partial charge on any atom is 0.246 e. The highest BCUT2D eigenvalue weighted by Crippen LogP contribution is 2.24. The van der Waals surface area contributed by atoms with Gasteiger partial charge in [0.25, 0.3) is 0 Å². The SMILES string of the molecule is CCN(CC(N)=O)S(=O)(=O)c1cc(N)cc(C)c1F. The molecule has 4 N–H and O–H groups in total. The zero-order chi connectivity index (χ0) is 14.8. The molecule has 0 aliphatic carbocycles. The van der Waals surface area contributed by atoms with E-state index in [1.807, 2.05) is 0 Å². The molecule has 1 aromatic rings. The highest BCUT2D eigenvalue weighted by atomic mass is 32.2. The first-order valence-corrected chi connectivity index (χ1v) is 6.98. The predicted octanol–water partition coefficient (Wildman–Crippen LogP) is 0.212. The fourth-order valence-electron chi connectivity index (χ4n) is 1.63. The van der Waals surface area contributed by atoms with Crippen molar-refractivity contribution in [3.8, 4) is 0 Å². The summed E-state index contributed by atoms with van der Waals surface area (Å²) in [5.74, 6) is -1.69. The monoisotopic (exact) mass is 289 g/mol. The number of sulfonamides is 1. The van der Waals surface area contributed by atoms with Gasteiger partial charge < -0.3 is 11.5 Å². The van der Waals surface area contributed by atoms with Gasteiger partial charge in [0, 0.05) is 12.2 Å². The molecule has 0 aliphatic rings. The molecule has 0 saturated heterocycles. The molecule has 1 rings (SSSR count). The summed E-state index contributed by atoms with van der Waals surface area (Å²) in [4.78, 5) is 10.3. The summed E-state index contributed by atoms with van der Waals surface area (Å²) in [5, 5.41) is 0. The number of likely N-dealkylation sites (N-methyl/N-ethyl adjacent to an activating group) is 1. The minimum atomic E-state index is -4.14. The van der Waals surface area contributed by atoms with Gasteiger partial charge in [-0.3, -0.25) is 4.79 Å². The summed E-state index contributed by atoms with van der Waals surface area (Å²) in [6.07, 6.45) is 0. The van der Waals surface area contributed by atoms with Gasteiger partial charge in [-0.25, -0.2) is 12.8 Å². The van der Waals surface area contributed by atoms with E-state index in [0.717, 1.165) is 10.4 Å². The van der Waals surface area contributed by atoms with Gasteiger partial charge in [-0.2, -0.15) is 4.31 Å². The topological polar surface area (TPSA) is 106 Å². The second-order valence-electron chi connectivity index (χ2n) is 4.05. The van der Waals surface area contributed by atoms with Crippen molar-refractivity contribution in [1.29, 1.82) is 0 Å². The normalized spacial score (nSPS) is 11.8. The lowest BCUT2D eigenvalue weighted by atomic mass is 10.2. The molecule has 0 saturated carbocycles. The lowest BCUT2D eigenvalue weighted by Gasteiger charge is -2.19. The number of carbonyl (C=O) groups excluding carboxylic acids is 1. The van der Waals surface area contributed by atoms with Crippen LogP contribution in [0.2, 0.25) is 0 Å². The number of hydrogen-bond acceptors (Lipinski definition) is 4. The Hall–Kier alpha value is -1.67. The van der Waals surface area contributed by atoms with Crippen LogP contribution < -0.4 is 11.5 Å². The Labute approximate surface area is 111 Å². The third-order valence-electron chi connectivity index (χ3n) is 2.55. The molecule has 0 fully saturated rings. The molecule has 0 atom stereocenters. The van der Waals surface area contributed by atoms with Crippen molar-refractivity contribution in [2.75, 3.05) is 18.8 Å². The zero-order valence-corrected chi connectivity index (χ0v) is 11.5. The second-order valence-corrected chi connectivity index (χ2v) is 5.95. The van der Waals surface area contributed by atoms with Gasteiger partial charge in [0.15, 0.2) is 0 Å². The molecule has 0 heterocycles. The van der Waals surface area contributed by atoms with E-state index in [1.54, 1.807) is 0 Å². The first-order chi connectivity index (χ1) is 8.70. The Kier molecular flexibility index (Phi) is 4.48. The molecule has 1 amide bonds. The van der Waals surface area contributed by atoms with Gasteiger partial charge in [-0.05, 0) is 24.6 Å². The van der Waals surface area contributed by atoms with E-state index in [1.165, 1.54) is 19.9 Å². The molecule has 8 heteroatoms. The maximum atomic E-state index is 13.9. The van der Waals surface area contributed by atoms with E-state index in [0.29, 0.717) is 0 Å². The van der Waals surface area contributed by atoms with Crippen molar-refractivity contribution in [2.45, 2.75) is 18.7 Å². The Balaban J connectivity index is 3.37. The van der Waals surface area contributed by atoms with Crippen LogP contribution in [-0.2, 0) is 14.8 Å². The number of benzene rings is 1. The number of carbonyl (C=O) groups is 1. The minimum absolute atomic E-state index is 0.00143. The third kappa shape index (κ3) is 3.21. The van der Waals surface area contributed by atoms with Crippen molar-refractivity contribution in [2.24, 2.45) is 5.73 Å². The summed E-state index contributed by atoms with van der Waals surface area (Å²) in [6.45, 7) is 2.43. The molecule has 0 spiro atoms. The average Bonchev–Trinajstić information content (AvgIpc) is 2.30. The Bertz CT molecular complexity index is 601. The standard InChI is InChI=1S/C11H16FN3O3S/c1-3-15(6-10(14)16)19(17,18)9-5-8(13)4-7(2)11(9)12/h4-5H,3,6,13H2,1-2H3,(H2,14,16). The van der Waals surface area contributed by atoms with Gasteiger partial charge in [0.2, 0.25) is 15.9 Å². The summed E-state index contributed by atoms with van der Waals surface area (Å²) < 4.78 is 39.2.